The van der Waals surface area contributed by atoms with Crippen molar-refractivity contribution in [3.05, 3.63) is 82.3 Å². The quantitative estimate of drug-likeness (QED) is 0.486. The summed E-state index contributed by atoms with van der Waals surface area (Å²) in [5.41, 5.74) is 5.04. The molecule has 178 valence electrons. The number of aryl methyl sites for hydroxylation is 1. The van der Waals surface area contributed by atoms with Gasteiger partial charge in [0.05, 0.1) is 12.3 Å². The molecule has 1 aliphatic rings. The zero-order valence-electron chi connectivity index (χ0n) is 19.8. The lowest BCUT2D eigenvalue weighted by molar-refractivity contribution is 0.197. The molecule has 6 nitrogen and oxygen atoms in total. The molecule has 1 aromatic heterocycles. The molecule has 34 heavy (non-hydrogen) atoms. The summed E-state index contributed by atoms with van der Waals surface area (Å²) in [5, 5.41) is 6.72. The number of nitrogens with one attached hydrogen (secondary N) is 1. The smallest absolute Gasteiger partial charge is 0.324 e. The molecule has 3 aromatic rings. The molecule has 1 N–H and O–H groups in total. The van der Waals surface area contributed by atoms with Gasteiger partial charge >= 0.3 is 6.03 Å². The normalized spacial score (nSPS) is 17.1. The van der Waals surface area contributed by atoms with Gasteiger partial charge in [0, 0.05) is 25.1 Å². The van der Waals surface area contributed by atoms with Gasteiger partial charge in [0.15, 0.2) is 0 Å². The minimum Gasteiger partial charge on any atom is -0.493 e. The molecule has 4 rings (SSSR count). The lowest BCUT2D eigenvalue weighted by atomic mass is 9.91. The van der Waals surface area contributed by atoms with Gasteiger partial charge in [0.2, 0.25) is 5.88 Å². The van der Waals surface area contributed by atoms with Crippen LogP contribution in [0.3, 0.4) is 0 Å². The number of carbonyl (C=O) groups excluding carboxylic acids is 1. The summed E-state index contributed by atoms with van der Waals surface area (Å²) in [5.74, 6) is 1.22. The molecule has 0 spiro atoms. The van der Waals surface area contributed by atoms with E-state index in [1.54, 1.807) is 12.1 Å². The number of halogens is 1. The molecule has 0 aliphatic carbocycles. The van der Waals surface area contributed by atoms with E-state index in [1.807, 2.05) is 36.9 Å². The summed E-state index contributed by atoms with van der Waals surface area (Å²) >= 11 is 0. The number of hydrogen-bond acceptors (Lipinski definition) is 4. The molecule has 2 heterocycles. The summed E-state index contributed by atoms with van der Waals surface area (Å²) < 4.78 is 24.2. The SMILES string of the molecule is Cc1noc(NC(=O)N2CC/C(=C\c3cccc(OCCc4ccc(F)cc4)c3)C(C)C2)c1C. The van der Waals surface area contributed by atoms with E-state index in [0.717, 1.165) is 34.6 Å². The Morgan fingerprint density at radius 2 is 2.06 bits per heavy atom. The molecule has 1 aliphatic heterocycles. The fourth-order valence-corrected chi connectivity index (χ4v) is 4.00. The van der Waals surface area contributed by atoms with Crippen LogP contribution in [0.25, 0.3) is 6.08 Å². The summed E-state index contributed by atoms with van der Waals surface area (Å²) in [6.07, 6.45) is 3.71. The zero-order valence-corrected chi connectivity index (χ0v) is 19.8. The third kappa shape index (κ3) is 5.84. The van der Waals surface area contributed by atoms with Gasteiger partial charge < -0.3 is 14.2 Å². The van der Waals surface area contributed by atoms with Gasteiger partial charge in [-0.1, -0.05) is 48.0 Å². The first-order valence-corrected chi connectivity index (χ1v) is 11.6. The molecule has 0 radical (unpaired) electrons. The van der Waals surface area contributed by atoms with E-state index in [9.17, 15) is 9.18 Å². The second-order valence-electron chi connectivity index (χ2n) is 8.77. The number of nitrogens with zero attached hydrogens (tertiary/aromatic N) is 2. The number of carbonyl (C=O) groups is 1. The van der Waals surface area contributed by atoms with Gasteiger partial charge in [0.1, 0.15) is 11.6 Å². The van der Waals surface area contributed by atoms with Crippen LogP contribution in [0.2, 0.25) is 0 Å². The molecule has 2 amide bonds. The van der Waals surface area contributed by atoms with Crippen LogP contribution >= 0.6 is 0 Å². The van der Waals surface area contributed by atoms with Gasteiger partial charge in [-0.05, 0) is 61.6 Å². The highest BCUT2D eigenvalue weighted by Crippen LogP contribution is 2.27. The van der Waals surface area contributed by atoms with Crippen molar-refractivity contribution in [2.45, 2.75) is 33.6 Å². The highest BCUT2D eigenvalue weighted by Gasteiger charge is 2.25. The minimum absolute atomic E-state index is 0.165. The Hall–Kier alpha value is -3.61. The summed E-state index contributed by atoms with van der Waals surface area (Å²) in [6.45, 7) is 7.66. The van der Waals surface area contributed by atoms with E-state index in [4.69, 9.17) is 9.26 Å². The largest absolute Gasteiger partial charge is 0.493 e. The molecule has 1 saturated heterocycles. The number of ether oxygens (including phenoxy) is 1. The van der Waals surface area contributed by atoms with Crippen molar-refractivity contribution in [2.75, 3.05) is 25.0 Å². The maximum atomic E-state index is 13.0. The Kier molecular flexibility index (Phi) is 7.30. The van der Waals surface area contributed by atoms with Crippen molar-refractivity contribution >= 4 is 18.0 Å². The second kappa shape index (κ2) is 10.5. The summed E-state index contributed by atoms with van der Waals surface area (Å²) in [7, 11) is 0. The van der Waals surface area contributed by atoms with Crippen LogP contribution in [0, 0.1) is 25.6 Å². The van der Waals surface area contributed by atoms with Crippen molar-refractivity contribution in [3.63, 3.8) is 0 Å². The first-order valence-electron chi connectivity index (χ1n) is 11.6. The highest BCUT2D eigenvalue weighted by molar-refractivity contribution is 5.88. The number of urea groups is 1. The first-order chi connectivity index (χ1) is 16.4. The van der Waals surface area contributed by atoms with E-state index in [1.165, 1.54) is 17.7 Å². The van der Waals surface area contributed by atoms with Crippen molar-refractivity contribution in [1.82, 2.24) is 10.1 Å². The standard InChI is InChI=1S/C27H30FN3O3/c1-18-17-31(27(32)29-26-19(2)20(3)30-34-26)13-11-23(18)15-22-5-4-6-25(16-22)33-14-12-21-7-9-24(28)10-8-21/h4-10,15-16,18H,11-14,17H2,1-3H3,(H,29,32)/b23-15+. The number of benzene rings is 2. The van der Waals surface area contributed by atoms with E-state index in [2.05, 4.69) is 29.5 Å². The predicted molar refractivity (Wildman–Crippen MR) is 130 cm³/mol. The van der Waals surface area contributed by atoms with Gasteiger partial charge in [-0.25, -0.2) is 9.18 Å². The molecule has 1 fully saturated rings. The van der Waals surface area contributed by atoms with Gasteiger partial charge in [-0.2, -0.15) is 0 Å². The number of piperidine rings is 1. The van der Waals surface area contributed by atoms with Crippen molar-refractivity contribution < 1.29 is 18.4 Å². The lowest BCUT2D eigenvalue weighted by Gasteiger charge is -2.33. The zero-order chi connectivity index (χ0) is 24.1. The number of hydrogen-bond donors (Lipinski definition) is 1. The maximum absolute atomic E-state index is 13.0. The number of anilines is 1. The number of rotatable bonds is 6. The highest BCUT2D eigenvalue weighted by atomic mass is 19.1. The Balaban J connectivity index is 1.32. The molecule has 1 unspecified atom stereocenters. The molecular formula is C27H30FN3O3. The molecule has 2 aromatic carbocycles. The summed E-state index contributed by atoms with van der Waals surface area (Å²) in [6, 6.07) is 14.3. The van der Waals surface area contributed by atoms with Gasteiger partial charge in [-0.15, -0.1) is 0 Å². The first kappa shape index (κ1) is 23.5. The minimum atomic E-state index is -0.230. The third-order valence-electron chi connectivity index (χ3n) is 6.25. The number of aromatic nitrogens is 1. The predicted octanol–water partition coefficient (Wildman–Crippen LogP) is 6.01. The van der Waals surface area contributed by atoms with Gasteiger partial charge in [0.25, 0.3) is 0 Å². The Morgan fingerprint density at radius 1 is 1.26 bits per heavy atom. The van der Waals surface area contributed by atoms with Crippen LogP contribution in [-0.2, 0) is 6.42 Å². The molecule has 0 saturated carbocycles. The van der Waals surface area contributed by atoms with Crippen molar-refractivity contribution in [2.24, 2.45) is 5.92 Å². The van der Waals surface area contributed by atoms with Crippen LogP contribution in [0.15, 0.2) is 58.6 Å². The van der Waals surface area contributed by atoms with Crippen molar-refractivity contribution in [1.29, 1.82) is 0 Å². The topological polar surface area (TPSA) is 67.6 Å². The second-order valence-corrected chi connectivity index (χ2v) is 8.77. The molecular weight excluding hydrogens is 433 g/mol. The van der Waals surface area contributed by atoms with E-state index >= 15 is 0 Å². The van der Waals surface area contributed by atoms with E-state index < -0.39 is 0 Å². The van der Waals surface area contributed by atoms with Crippen LogP contribution < -0.4 is 10.1 Å². The summed E-state index contributed by atoms with van der Waals surface area (Å²) in [4.78, 5) is 14.5. The lowest BCUT2D eigenvalue weighted by Crippen LogP contribution is -2.42. The Morgan fingerprint density at radius 3 is 2.76 bits per heavy atom. The van der Waals surface area contributed by atoms with Crippen LogP contribution in [0.5, 0.6) is 5.75 Å². The number of amides is 2. The maximum Gasteiger partial charge on any atom is 0.324 e. The Labute approximate surface area is 199 Å². The Bertz CT molecular complexity index is 1170. The monoisotopic (exact) mass is 463 g/mol. The fourth-order valence-electron chi connectivity index (χ4n) is 4.00. The molecule has 7 heteroatoms. The average Bonchev–Trinajstić information content (AvgIpc) is 3.14. The molecule has 0 bridgehead atoms. The van der Waals surface area contributed by atoms with Gasteiger partial charge in [-0.3, -0.25) is 5.32 Å². The number of likely N-dealkylation sites (tertiary alicyclic amines) is 1. The van der Waals surface area contributed by atoms with E-state index in [0.29, 0.717) is 32.0 Å². The molecule has 1 atom stereocenters. The van der Waals surface area contributed by atoms with Crippen LogP contribution in [-0.4, -0.2) is 35.8 Å². The third-order valence-corrected chi connectivity index (χ3v) is 6.25. The van der Waals surface area contributed by atoms with E-state index in [-0.39, 0.29) is 17.8 Å². The average molecular weight is 464 g/mol. The van der Waals surface area contributed by atoms with Crippen molar-refractivity contribution in [3.8, 4) is 5.75 Å². The van der Waals surface area contributed by atoms with Crippen LogP contribution in [0.4, 0.5) is 15.1 Å². The van der Waals surface area contributed by atoms with Crippen LogP contribution in [0.1, 0.15) is 35.7 Å². The fraction of sp³-hybridized carbons (Fsp3) is 0.333.